The topological polar surface area (TPSA) is 95.9 Å². The number of rotatable bonds is 3. The summed E-state index contributed by atoms with van der Waals surface area (Å²) in [5.74, 6) is -1.32. The van der Waals surface area contributed by atoms with Gasteiger partial charge in [-0.3, -0.25) is 9.78 Å². The van der Waals surface area contributed by atoms with Gasteiger partial charge in [-0.15, -0.1) is 0 Å². The van der Waals surface area contributed by atoms with Gasteiger partial charge in [-0.1, -0.05) is 6.07 Å². The van der Waals surface area contributed by atoms with Crippen LogP contribution in [-0.4, -0.2) is 24.6 Å². The molecule has 1 aromatic carbocycles. The van der Waals surface area contributed by atoms with Crippen LogP contribution in [0.3, 0.4) is 0 Å². The van der Waals surface area contributed by atoms with Crippen molar-refractivity contribution in [3.05, 3.63) is 86.5 Å². The van der Waals surface area contributed by atoms with Crippen molar-refractivity contribution >= 4 is 5.65 Å². The first-order valence-corrected chi connectivity index (χ1v) is 8.63. The van der Waals surface area contributed by atoms with Gasteiger partial charge in [0, 0.05) is 30.2 Å². The fraction of sp³-hybridized carbons (Fsp3) is 0.158. The number of halogens is 2. The van der Waals surface area contributed by atoms with Crippen molar-refractivity contribution in [2.24, 2.45) is 0 Å². The highest BCUT2D eigenvalue weighted by Crippen LogP contribution is 2.56. The summed E-state index contributed by atoms with van der Waals surface area (Å²) in [6.07, 6.45) is 5.22. The van der Waals surface area contributed by atoms with Crippen LogP contribution in [0.15, 0.2) is 52.4 Å². The van der Waals surface area contributed by atoms with Crippen molar-refractivity contribution < 1.29 is 8.78 Å². The zero-order chi connectivity index (χ0) is 19.4. The van der Waals surface area contributed by atoms with Gasteiger partial charge in [0.15, 0.2) is 5.65 Å². The highest BCUT2D eigenvalue weighted by Gasteiger charge is 2.42. The molecule has 0 bridgehead atoms. The lowest BCUT2D eigenvalue weighted by atomic mass is 10.0. The number of imidazole rings is 1. The van der Waals surface area contributed by atoms with Crippen LogP contribution < -0.4 is 11.2 Å². The molecule has 0 radical (unpaired) electrons. The third kappa shape index (κ3) is 2.63. The smallest absolute Gasteiger partial charge is 0.313 e. The van der Waals surface area contributed by atoms with Crippen LogP contribution in [0, 0.1) is 11.6 Å². The van der Waals surface area contributed by atoms with Gasteiger partial charge in [-0.2, -0.15) is 5.10 Å². The summed E-state index contributed by atoms with van der Waals surface area (Å²) in [6, 6.07) is 5.33. The van der Waals surface area contributed by atoms with E-state index >= 15 is 0 Å². The molecular formula is C19H13F2N5O2. The van der Waals surface area contributed by atoms with E-state index < -0.39 is 22.9 Å². The molecule has 4 aromatic rings. The molecule has 1 aliphatic rings. The van der Waals surface area contributed by atoms with Gasteiger partial charge in [-0.25, -0.2) is 23.1 Å². The quantitative estimate of drug-likeness (QED) is 0.569. The Morgan fingerprint density at radius 2 is 1.93 bits per heavy atom. The molecule has 140 valence electrons. The molecule has 7 nitrogen and oxygen atoms in total. The summed E-state index contributed by atoms with van der Waals surface area (Å²) in [5, 5.41) is 4.38. The highest BCUT2D eigenvalue weighted by atomic mass is 19.1. The van der Waals surface area contributed by atoms with E-state index in [0.717, 1.165) is 11.6 Å². The predicted molar refractivity (Wildman–Crippen MR) is 96.1 cm³/mol. The first-order valence-electron chi connectivity index (χ1n) is 8.63. The second-order valence-electron chi connectivity index (χ2n) is 6.78. The predicted octanol–water partition coefficient (Wildman–Crippen LogP) is 2.32. The second kappa shape index (κ2) is 5.95. The molecule has 5 rings (SSSR count). The summed E-state index contributed by atoms with van der Waals surface area (Å²) in [4.78, 5) is 32.3. The first kappa shape index (κ1) is 16.5. The Kier molecular flexibility index (Phi) is 3.51. The molecule has 9 heteroatoms. The summed E-state index contributed by atoms with van der Waals surface area (Å²) < 4.78 is 28.9. The number of benzene rings is 1. The van der Waals surface area contributed by atoms with E-state index in [9.17, 15) is 18.4 Å². The Morgan fingerprint density at radius 3 is 2.71 bits per heavy atom. The van der Waals surface area contributed by atoms with Crippen LogP contribution in [0.1, 0.15) is 29.4 Å². The number of aromatic amines is 2. The fourth-order valence-electron chi connectivity index (χ4n) is 3.63. The highest BCUT2D eigenvalue weighted by molar-refractivity contribution is 5.63. The van der Waals surface area contributed by atoms with Gasteiger partial charge in [0.25, 0.3) is 5.56 Å². The monoisotopic (exact) mass is 381 g/mol. The molecule has 2 atom stereocenters. The number of nitrogens with one attached hydrogen (secondary N) is 2. The van der Waals surface area contributed by atoms with Crippen LogP contribution in [0.25, 0.3) is 16.9 Å². The van der Waals surface area contributed by atoms with Gasteiger partial charge in [0.2, 0.25) is 0 Å². The molecule has 3 aromatic heterocycles. The third-order valence-corrected chi connectivity index (χ3v) is 5.03. The van der Waals surface area contributed by atoms with Crippen LogP contribution in [0.2, 0.25) is 0 Å². The normalized spacial score (nSPS) is 18.5. The molecule has 0 aliphatic heterocycles. The Morgan fingerprint density at radius 1 is 1.11 bits per heavy atom. The number of hydrogen-bond donors (Lipinski definition) is 2. The molecule has 0 amide bonds. The largest absolute Gasteiger partial charge is 0.325 e. The van der Waals surface area contributed by atoms with Crippen molar-refractivity contribution in [3.63, 3.8) is 0 Å². The molecule has 0 unspecified atom stereocenters. The lowest BCUT2D eigenvalue weighted by Gasteiger charge is -2.08. The van der Waals surface area contributed by atoms with Crippen LogP contribution in [0.5, 0.6) is 0 Å². The van der Waals surface area contributed by atoms with Crippen molar-refractivity contribution in [1.29, 1.82) is 0 Å². The minimum atomic E-state index is -0.613. The van der Waals surface area contributed by atoms with Gasteiger partial charge in [0.05, 0.1) is 11.3 Å². The minimum Gasteiger partial charge on any atom is -0.313 e. The minimum absolute atomic E-state index is 0.0338. The Hall–Kier alpha value is -3.62. The second-order valence-corrected chi connectivity index (χ2v) is 6.78. The average molecular weight is 381 g/mol. The summed E-state index contributed by atoms with van der Waals surface area (Å²) in [5.41, 5.74) is 1.29. The zero-order valence-corrected chi connectivity index (χ0v) is 14.3. The Labute approximate surface area is 155 Å². The van der Waals surface area contributed by atoms with Crippen LogP contribution in [0.4, 0.5) is 8.78 Å². The number of fused-ring (bicyclic) bond motifs is 1. The van der Waals surface area contributed by atoms with E-state index in [1.54, 1.807) is 23.0 Å². The standard InChI is InChI=1S/C19H13F2N5O2/c20-9-1-2-10(15(21)5-9)11-6-12(11)13-7-16(25-26-4-3-22-17(13)26)14-8-23-19(28)24-18(14)27/h1-5,7-8,11-12H,6H2,(H2,23,24,27,28)/t11-,12+/m0/s1. The van der Waals surface area contributed by atoms with Crippen LogP contribution >= 0.6 is 0 Å². The fourth-order valence-corrected chi connectivity index (χ4v) is 3.63. The number of nitrogens with zero attached hydrogens (tertiary/aromatic N) is 3. The summed E-state index contributed by atoms with van der Waals surface area (Å²) >= 11 is 0. The number of aromatic nitrogens is 5. The molecule has 3 heterocycles. The van der Waals surface area contributed by atoms with Crippen molar-refractivity contribution in [2.75, 3.05) is 0 Å². The molecular weight excluding hydrogens is 368 g/mol. The molecule has 2 N–H and O–H groups in total. The zero-order valence-electron chi connectivity index (χ0n) is 14.3. The maximum absolute atomic E-state index is 14.2. The van der Waals surface area contributed by atoms with E-state index in [-0.39, 0.29) is 17.4 Å². The van der Waals surface area contributed by atoms with E-state index in [4.69, 9.17) is 0 Å². The van der Waals surface area contributed by atoms with Crippen molar-refractivity contribution in [3.8, 4) is 11.3 Å². The first-order chi connectivity index (χ1) is 13.5. The maximum atomic E-state index is 14.2. The van der Waals surface area contributed by atoms with Crippen molar-refractivity contribution in [1.82, 2.24) is 24.6 Å². The molecule has 0 spiro atoms. The lowest BCUT2D eigenvalue weighted by molar-refractivity contribution is 0.572. The van der Waals surface area contributed by atoms with E-state index in [0.29, 0.717) is 23.3 Å². The molecule has 1 saturated carbocycles. The molecule has 28 heavy (non-hydrogen) atoms. The van der Waals surface area contributed by atoms with E-state index in [1.165, 1.54) is 18.3 Å². The molecule has 0 saturated heterocycles. The maximum Gasteiger partial charge on any atom is 0.325 e. The van der Waals surface area contributed by atoms with Gasteiger partial charge >= 0.3 is 5.69 Å². The average Bonchev–Trinajstić information content (AvgIpc) is 3.28. The Balaban J connectivity index is 1.61. The SMILES string of the molecule is O=c1[nH]cc(-c2cc([C@@H]3C[C@H]3c3ccc(F)cc3F)c3nccn3n2)c(=O)[nH]1. The van der Waals surface area contributed by atoms with Crippen molar-refractivity contribution in [2.45, 2.75) is 18.3 Å². The Bertz CT molecular complexity index is 1340. The molecule has 1 fully saturated rings. The number of hydrogen-bond acceptors (Lipinski definition) is 4. The summed E-state index contributed by atoms with van der Waals surface area (Å²) in [6.45, 7) is 0. The van der Waals surface area contributed by atoms with E-state index in [2.05, 4.69) is 20.1 Å². The van der Waals surface area contributed by atoms with E-state index in [1.807, 2.05) is 0 Å². The van der Waals surface area contributed by atoms with Gasteiger partial charge in [-0.05, 0) is 36.0 Å². The van der Waals surface area contributed by atoms with Gasteiger partial charge < -0.3 is 4.98 Å². The van der Waals surface area contributed by atoms with Gasteiger partial charge in [0.1, 0.15) is 11.6 Å². The lowest BCUT2D eigenvalue weighted by Crippen LogP contribution is -2.23. The molecule has 1 aliphatic carbocycles. The van der Waals surface area contributed by atoms with Crippen LogP contribution in [-0.2, 0) is 0 Å². The third-order valence-electron chi connectivity index (χ3n) is 5.03. The number of H-pyrrole nitrogens is 2. The summed E-state index contributed by atoms with van der Waals surface area (Å²) in [7, 11) is 0.